The van der Waals surface area contributed by atoms with Gasteiger partial charge < -0.3 is 19.7 Å². The van der Waals surface area contributed by atoms with E-state index in [9.17, 15) is 14.0 Å². The third-order valence-electron chi connectivity index (χ3n) is 3.53. The predicted molar refractivity (Wildman–Crippen MR) is 77.3 cm³/mol. The molecule has 2 rings (SSSR count). The lowest BCUT2D eigenvalue weighted by atomic mass is 10.1. The van der Waals surface area contributed by atoms with Gasteiger partial charge in [0.25, 0.3) is 5.91 Å². The molecule has 2 amide bonds. The summed E-state index contributed by atoms with van der Waals surface area (Å²) >= 11 is 0. The van der Waals surface area contributed by atoms with Crippen LogP contribution >= 0.6 is 0 Å². The lowest BCUT2D eigenvalue weighted by Gasteiger charge is -2.16. The number of rotatable bonds is 6. The molecule has 1 fully saturated rings. The second-order valence-corrected chi connectivity index (χ2v) is 5.06. The summed E-state index contributed by atoms with van der Waals surface area (Å²) in [6, 6.07) is 3.72. The van der Waals surface area contributed by atoms with Crippen LogP contribution in [0.3, 0.4) is 0 Å². The zero-order chi connectivity index (χ0) is 16.1. The molecule has 0 spiro atoms. The van der Waals surface area contributed by atoms with Crippen molar-refractivity contribution in [3.8, 4) is 5.75 Å². The fraction of sp³-hybridized carbons (Fsp3) is 0.467. The molecule has 120 valence electrons. The van der Waals surface area contributed by atoms with Crippen LogP contribution in [-0.4, -0.2) is 56.7 Å². The van der Waals surface area contributed by atoms with E-state index in [2.05, 4.69) is 5.32 Å². The summed E-state index contributed by atoms with van der Waals surface area (Å²) in [6.45, 7) is 1.39. The van der Waals surface area contributed by atoms with Crippen molar-refractivity contribution < 1.29 is 23.5 Å². The number of likely N-dealkylation sites (tertiary alicyclic amines) is 1. The van der Waals surface area contributed by atoms with E-state index in [4.69, 9.17) is 9.47 Å². The summed E-state index contributed by atoms with van der Waals surface area (Å²) in [5, 5.41) is 2.75. The van der Waals surface area contributed by atoms with Gasteiger partial charge in [-0.15, -0.1) is 0 Å². The minimum Gasteiger partial charge on any atom is -0.494 e. The van der Waals surface area contributed by atoms with Gasteiger partial charge in [0.15, 0.2) is 11.6 Å². The molecule has 0 bridgehead atoms. The maximum atomic E-state index is 13.6. The lowest BCUT2D eigenvalue weighted by Crippen LogP contribution is -2.37. The molecule has 1 heterocycles. The van der Waals surface area contributed by atoms with Gasteiger partial charge >= 0.3 is 0 Å². The Morgan fingerprint density at radius 1 is 1.45 bits per heavy atom. The van der Waals surface area contributed by atoms with Crippen molar-refractivity contribution in [3.05, 3.63) is 29.6 Å². The van der Waals surface area contributed by atoms with E-state index in [0.29, 0.717) is 19.7 Å². The van der Waals surface area contributed by atoms with Crippen LogP contribution in [0.5, 0.6) is 5.75 Å². The fourth-order valence-corrected chi connectivity index (χ4v) is 2.36. The van der Waals surface area contributed by atoms with Crippen LogP contribution in [0, 0.1) is 5.82 Å². The summed E-state index contributed by atoms with van der Waals surface area (Å²) in [4.78, 5) is 25.5. The first-order chi connectivity index (χ1) is 10.5. The average molecular weight is 310 g/mol. The molecule has 1 unspecified atom stereocenters. The van der Waals surface area contributed by atoms with E-state index in [1.165, 1.54) is 19.2 Å². The van der Waals surface area contributed by atoms with E-state index in [1.54, 1.807) is 12.0 Å². The molecule has 0 aromatic heterocycles. The number of amides is 2. The SMILES string of the molecule is COCCN1CC(NC(=O)c2ccc(OC)c(F)c2)CC1=O. The average Bonchev–Trinajstić information content (AvgIpc) is 2.84. The smallest absolute Gasteiger partial charge is 0.251 e. The Hall–Kier alpha value is -2.15. The zero-order valence-corrected chi connectivity index (χ0v) is 12.6. The fourth-order valence-electron chi connectivity index (χ4n) is 2.36. The van der Waals surface area contributed by atoms with Gasteiger partial charge in [0.2, 0.25) is 5.91 Å². The Labute approximate surface area is 128 Å². The number of carbonyl (C=O) groups excluding carboxylic acids is 2. The van der Waals surface area contributed by atoms with Gasteiger partial charge in [-0.3, -0.25) is 9.59 Å². The van der Waals surface area contributed by atoms with Gasteiger partial charge in [0.1, 0.15) is 0 Å². The van der Waals surface area contributed by atoms with Crippen LogP contribution in [0.2, 0.25) is 0 Å². The van der Waals surface area contributed by atoms with Crippen molar-refractivity contribution in [1.29, 1.82) is 0 Å². The molecule has 22 heavy (non-hydrogen) atoms. The Balaban J connectivity index is 1.95. The highest BCUT2D eigenvalue weighted by Crippen LogP contribution is 2.18. The number of nitrogens with one attached hydrogen (secondary N) is 1. The molecular formula is C15H19FN2O4. The molecule has 6 nitrogen and oxygen atoms in total. The topological polar surface area (TPSA) is 67.9 Å². The summed E-state index contributed by atoms with van der Waals surface area (Å²) < 4.78 is 23.4. The predicted octanol–water partition coefficient (Wildman–Crippen LogP) is 0.811. The summed E-state index contributed by atoms with van der Waals surface area (Å²) in [6.07, 6.45) is 0.244. The molecule has 1 atom stereocenters. The van der Waals surface area contributed by atoms with Gasteiger partial charge in [-0.25, -0.2) is 4.39 Å². The Bertz CT molecular complexity index is 564. The van der Waals surface area contributed by atoms with E-state index in [1.807, 2.05) is 0 Å². The van der Waals surface area contributed by atoms with Gasteiger partial charge in [0.05, 0.1) is 19.8 Å². The number of ether oxygens (including phenoxy) is 2. The van der Waals surface area contributed by atoms with E-state index < -0.39 is 11.7 Å². The maximum Gasteiger partial charge on any atom is 0.251 e. The highest BCUT2D eigenvalue weighted by molar-refractivity contribution is 5.95. The van der Waals surface area contributed by atoms with E-state index in [0.717, 1.165) is 6.07 Å². The lowest BCUT2D eigenvalue weighted by molar-refractivity contribution is -0.128. The number of halogens is 1. The molecular weight excluding hydrogens is 291 g/mol. The first-order valence-electron chi connectivity index (χ1n) is 6.96. The molecule has 0 radical (unpaired) electrons. The van der Waals surface area contributed by atoms with Gasteiger partial charge in [-0.1, -0.05) is 0 Å². The van der Waals surface area contributed by atoms with Crippen LogP contribution < -0.4 is 10.1 Å². The number of nitrogens with zero attached hydrogens (tertiary/aromatic N) is 1. The van der Waals surface area contributed by atoms with Crippen molar-refractivity contribution in [3.63, 3.8) is 0 Å². The molecule has 1 saturated heterocycles. The molecule has 1 N–H and O–H groups in total. The Kier molecular flexibility index (Phi) is 5.32. The highest BCUT2D eigenvalue weighted by atomic mass is 19.1. The number of methoxy groups -OCH3 is 2. The third-order valence-corrected chi connectivity index (χ3v) is 3.53. The van der Waals surface area contributed by atoms with Crippen molar-refractivity contribution in [2.24, 2.45) is 0 Å². The third kappa shape index (κ3) is 3.73. The second-order valence-electron chi connectivity index (χ2n) is 5.06. The van der Waals surface area contributed by atoms with Gasteiger partial charge in [-0.2, -0.15) is 0 Å². The molecule has 1 aromatic rings. The largest absolute Gasteiger partial charge is 0.494 e. The summed E-state index contributed by atoms with van der Waals surface area (Å²) in [5.41, 5.74) is 0.195. The molecule has 0 saturated carbocycles. The van der Waals surface area contributed by atoms with Crippen molar-refractivity contribution >= 4 is 11.8 Å². The van der Waals surface area contributed by atoms with Crippen LogP contribution in [0.25, 0.3) is 0 Å². The quantitative estimate of drug-likeness (QED) is 0.844. The summed E-state index contributed by atoms with van der Waals surface area (Å²) in [5.74, 6) is -0.950. The van der Waals surface area contributed by atoms with E-state index >= 15 is 0 Å². The Morgan fingerprint density at radius 3 is 2.86 bits per heavy atom. The molecule has 1 aliphatic rings. The van der Waals surface area contributed by atoms with Crippen LogP contribution in [0.1, 0.15) is 16.8 Å². The normalized spacial score (nSPS) is 17.7. The molecule has 0 aliphatic carbocycles. The van der Waals surface area contributed by atoms with Gasteiger partial charge in [-0.05, 0) is 18.2 Å². The van der Waals surface area contributed by atoms with Crippen LogP contribution in [-0.2, 0) is 9.53 Å². The standard InChI is InChI=1S/C15H19FN2O4/c1-21-6-5-18-9-11(8-14(18)19)17-15(20)10-3-4-13(22-2)12(16)7-10/h3-4,7,11H,5-6,8-9H2,1-2H3,(H,17,20). The second kappa shape index (κ2) is 7.22. The van der Waals surface area contributed by atoms with Gasteiger partial charge in [0, 0.05) is 32.2 Å². The first-order valence-corrected chi connectivity index (χ1v) is 6.96. The summed E-state index contributed by atoms with van der Waals surface area (Å²) in [7, 11) is 2.93. The molecule has 1 aromatic carbocycles. The van der Waals surface area contributed by atoms with Crippen LogP contribution in [0.4, 0.5) is 4.39 Å². The highest BCUT2D eigenvalue weighted by Gasteiger charge is 2.30. The maximum absolute atomic E-state index is 13.6. The number of carbonyl (C=O) groups is 2. The van der Waals surface area contributed by atoms with Crippen molar-refractivity contribution in [1.82, 2.24) is 10.2 Å². The zero-order valence-electron chi connectivity index (χ0n) is 12.6. The minimum atomic E-state index is -0.598. The minimum absolute atomic E-state index is 0.0248. The monoisotopic (exact) mass is 310 g/mol. The Morgan fingerprint density at radius 2 is 2.23 bits per heavy atom. The molecule has 1 aliphatic heterocycles. The molecule has 7 heteroatoms. The first kappa shape index (κ1) is 16.2. The van der Waals surface area contributed by atoms with E-state index in [-0.39, 0.29) is 29.7 Å². The van der Waals surface area contributed by atoms with Crippen molar-refractivity contribution in [2.45, 2.75) is 12.5 Å². The number of hydrogen-bond donors (Lipinski definition) is 1. The van der Waals surface area contributed by atoms with Crippen LogP contribution in [0.15, 0.2) is 18.2 Å². The van der Waals surface area contributed by atoms with Crippen molar-refractivity contribution in [2.75, 3.05) is 33.9 Å². The number of hydrogen-bond acceptors (Lipinski definition) is 4. The number of benzene rings is 1.